The molecule has 5 nitrogen and oxygen atoms in total. The number of hydrogen-bond donors (Lipinski definition) is 1. The number of likely N-dealkylation sites (tertiary alicyclic amines) is 1. The van der Waals surface area contributed by atoms with Crippen molar-refractivity contribution in [2.75, 3.05) is 46.9 Å². The number of aromatic nitrogens is 1. The number of methoxy groups -OCH3 is 1. The van der Waals surface area contributed by atoms with Crippen LogP contribution in [-0.2, 0) is 11.3 Å². The molecule has 0 bridgehead atoms. The Bertz CT molecular complexity index is 747. The summed E-state index contributed by atoms with van der Waals surface area (Å²) in [6, 6.07) is 4.32. The first-order valence-corrected chi connectivity index (χ1v) is 9.29. The van der Waals surface area contributed by atoms with Gasteiger partial charge in [-0.1, -0.05) is 0 Å². The van der Waals surface area contributed by atoms with Crippen LogP contribution in [0.2, 0.25) is 0 Å². The highest BCUT2D eigenvalue weighted by Gasteiger charge is 2.38. The average molecular weight is 343 g/mol. The van der Waals surface area contributed by atoms with E-state index >= 15 is 0 Å². The number of piperidine rings is 1. The van der Waals surface area contributed by atoms with Gasteiger partial charge >= 0.3 is 0 Å². The highest BCUT2D eigenvalue weighted by atomic mass is 16.5. The van der Waals surface area contributed by atoms with Crippen LogP contribution in [0, 0.1) is 6.92 Å². The Morgan fingerprint density at radius 1 is 1.28 bits per heavy atom. The lowest BCUT2D eigenvalue weighted by Crippen LogP contribution is -2.55. The number of nitrogens with zero attached hydrogens (tertiary/aromatic N) is 2. The largest absolute Gasteiger partial charge is 0.496 e. The van der Waals surface area contributed by atoms with Gasteiger partial charge in [0.05, 0.1) is 19.3 Å². The number of aromatic amines is 1. The van der Waals surface area contributed by atoms with Crippen molar-refractivity contribution in [1.29, 1.82) is 0 Å². The number of hydrogen-bond acceptors (Lipinski definition) is 4. The molecule has 0 atom stereocenters. The zero-order valence-corrected chi connectivity index (χ0v) is 15.6. The van der Waals surface area contributed by atoms with Crippen molar-refractivity contribution in [2.24, 2.45) is 0 Å². The Morgan fingerprint density at radius 3 is 2.80 bits per heavy atom. The molecule has 1 N–H and O–H groups in total. The van der Waals surface area contributed by atoms with Crippen LogP contribution in [0.5, 0.6) is 5.75 Å². The van der Waals surface area contributed by atoms with E-state index in [2.05, 4.69) is 40.9 Å². The molecule has 0 amide bonds. The molecule has 136 valence electrons. The van der Waals surface area contributed by atoms with Gasteiger partial charge in [0.15, 0.2) is 0 Å². The fraction of sp³-hybridized carbons (Fsp3) is 0.600. The molecule has 1 spiro atoms. The Labute approximate surface area is 149 Å². The van der Waals surface area contributed by atoms with Gasteiger partial charge in [-0.2, -0.15) is 0 Å². The summed E-state index contributed by atoms with van der Waals surface area (Å²) in [5.41, 5.74) is 3.82. The monoisotopic (exact) mass is 343 g/mol. The lowest BCUT2D eigenvalue weighted by Gasteiger charge is -2.46. The van der Waals surface area contributed by atoms with Gasteiger partial charge < -0.3 is 19.4 Å². The number of H-pyrrole nitrogens is 1. The van der Waals surface area contributed by atoms with E-state index in [0.29, 0.717) is 0 Å². The standard InChI is InChI=1S/C20H29N3O2/c1-15-12-18(24-3)17(16-4-7-21-19(15)16)13-23-8-5-20(6-9-23)14-22(2)10-11-25-20/h4,7,12,21H,5-6,8-11,13-14H2,1-3H3. The highest BCUT2D eigenvalue weighted by molar-refractivity contribution is 5.88. The summed E-state index contributed by atoms with van der Waals surface area (Å²) < 4.78 is 11.9. The molecule has 0 aliphatic carbocycles. The fourth-order valence-corrected chi connectivity index (χ4v) is 4.46. The van der Waals surface area contributed by atoms with Gasteiger partial charge in [-0.25, -0.2) is 0 Å². The lowest BCUT2D eigenvalue weighted by atomic mass is 9.89. The van der Waals surface area contributed by atoms with E-state index < -0.39 is 0 Å². The maximum atomic E-state index is 6.20. The van der Waals surface area contributed by atoms with E-state index in [4.69, 9.17) is 9.47 Å². The first-order chi connectivity index (χ1) is 12.1. The third-order valence-electron chi connectivity index (χ3n) is 5.92. The molecule has 2 aromatic rings. The topological polar surface area (TPSA) is 40.7 Å². The molecule has 5 heteroatoms. The van der Waals surface area contributed by atoms with Crippen LogP contribution in [0.1, 0.15) is 24.0 Å². The van der Waals surface area contributed by atoms with Crippen LogP contribution in [0.3, 0.4) is 0 Å². The second-order valence-corrected chi connectivity index (χ2v) is 7.69. The zero-order valence-electron chi connectivity index (χ0n) is 15.6. The molecular formula is C20H29N3O2. The van der Waals surface area contributed by atoms with Crippen molar-refractivity contribution >= 4 is 10.9 Å². The first kappa shape index (κ1) is 16.9. The lowest BCUT2D eigenvalue weighted by molar-refractivity contribution is -0.131. The smallest absolute Gasteiger partial charge is 0.124 e. The van der Waals surface area contributed by atoms with E-state index in [9.17, 15) is 0 Å². The maximum absolute atomic E-state index is 6.20. The number of ether oxygens (including phenoxy) is 2. The van der Waals surface area contributed by atoms with Gasteiger partial charge in [0, 0.05) is 55.4 Å². The second kappa shape index (κ2) is 6.63. The highest BCUT2D eigenvalue weighted by Crippen LogP contribution is 2.34. The van der Waals surface area contributed by atoms with Gasteiger partial charge in [0.2, 0.25) is 0 Å². The predicted octanol–water partition coefficient (Wildman–Crippen LogP) is 2.78. The SMILES string of the molecule is COc1cc(C)c2[nH]ccc2c1CN1CCC2(CC1)CN(C)CCO2. The first-order valence-electron chi connectivity index (χ1n) is 9.29. The van der Waals surface area contributed by atoms with Crippen LogP contribution in [0.15, 0.2) is 18.3 Å². The molecule has 25 heavy (non-hydrogen) atoms. The van der Waals surface area contributed by atoms with Gasteiger partial charge in [-0.3, -0.25) is 4.90 Å². The summed E-state index contributed by atoms with van der Waals surface area (Å²) >= 11 is 0. The molecular weight excluding hydrogens is 314 g/mol. The Hall–Kier alpha value is -1.56. The number of nitrogens with one attached hydrogen (secondary N) is 1. The van der Waals surface area contributed by atoms with E-state index in [0.717, 1.165) is 57.9 Å². The number of benzene rings is 1. The van der Waals surface area contributed by atoms with Crippen LogP contribution < -0.4 is 4.74 Å². The Morgan fingerprint density at radius 2 is 2.08 bits per heavy atom. The zero-order chi connectivity index (χ0) is 17.4. The van der Waals surface area contributed by atoms with Crippen molar-refractivity contribution in [3.63, 3.8) is 0 Å². The van der Waals surface area contributed by atoms with Crippen molar-refractivity contribution in [3.8, 4) is 5.75 Å². The maximum Gasteiger partial charge on any atom is 0.124 e. The Balaban J connectivity index is 1.51. The van der Waals surface area contributed by atoms with E-state index in [1.165, 1.54) is 22.0 Å². The summed E-state index contributed by atoms with van der Waals surface area (Å²) in [4.78, 5) is 8.32. The Kier molecular flexibility index (Phi) is 4.48. The minimum Gasteiger partial charge on any atom is -0.496 e. The van der Waals surface area contributed by atoms with Gasteiger partial charge in [-0.15, -0.1) is 0 Å². The van der Waals surface area contributed by atoms with Crippen LogP contribution in [-0.4, -0.2) is 67.3 Å². The van der Waals surface area contributed by atoms with E-state index in [1.807, 2.05) is 6.20 Å². The van der Waals surface area contributed by atoms with Gasteiger partial charge in [0.1, 0.15) is 5.75 Å². The molecule has 1 aromatic heterocycles. The third kappa shape index (κ3) is 3.16. The molecule has 4 rings (SSSR count). The van der Waals surface area contributed by atoms with Crippen LogP contribution in [0.25, 0.3) is 10.9 Å². The number of likely N-dealkylation sites (N-methyl/N-ethyl adjacent to an activating group) is 1. The summed E-state index contributed by atoms with van der Waals surface area (Å²) in [6.07, 6.45) is 4.25. The average Bonchev–Trinajstić information content (AvgIpc) is 3.09. The summed E-state index contributed by atoms with van der Waals surface area (Å²) in [6.45, 7) is 8.21. The minimum absolute atomic E-state index is 0.0737. The molecule has 2 aliphatic heterocycles. The normalized spacial score (nSPS) is 21.9. The molecule has 2 fully saturated rings. The quantitative estimate of drug-likeness (QED) is 0.930. The van der Waals surface area contributed by atoms with Crippen molar-refractivity contribution in [3.05, 3.63) is 29.5 Å². The van der Waals surface area contributed by atoms with Crippen LogP contribution >= 0.6 is 0 Å². The molecule has 2 aliphatic rings. The number of morpholine rings is 1. The number of fused-ring (bicyclic) bond motifs is 1. The van der Waals surface area contributed by atoms with Crippen LogP contribution in [0.4, 0.5) is 0 Å². The molecule has 0 radical (unpaired) electrons. The summed E-state index contributed by atoms with van der Waals surface area (Å²) in [5.74, 6) is 0.999. The van der Waals surface area contributed by atoms with Crippen molar-refractivity contribution in [1.82, 2.24) is 14.8 Å². The van der Waals surface area contributed by atoms with Crippen molar-refractivity contribution < 1.29 is 9.47 Å². The number of rotatable bonds is 3. The second-order valence-electron chi connectivity index (χ2n) is 7.69. The van der Waals surface area contributed by atoms with E-state index in [1.54, 1.807) is 7.11 Å². The third-order valence-corrected chi connectivity index (χ3v) is 5.92. The van der Waals surface area contributed by atoms with Crippen molar-refractivity contribution in [2.45, 2.75) is 31.9 Å². The fourth-order valence-electron chi connectivity index (χ4n) is 4.46. The van der Waals surface area contributed by atoms with Gasteiger partial charge in [-0.05, 0) is 44.5 Å². The molecule has 0 unspecified atom stereocenters. The van der Waals surface area contributed by atoms with Gasteiger partial charge in [0.25, 0.3) is 0 Å². The minimum atomic E-state index is 0.0737. The molecule has 2 saturated heterocycles. The molecule has 1 aromatic carbocycles. The summed E-state index contributed by atoms with van der Waals surface area (Å²) in [5, 5.41) is 1.28. The van der Waals surface area contributed by atoms with E-state index in [-0.39, 0.29) is 5.60 Å². The number of aryl methyl sites for hydroxylation is 1. The molecule has 3 heterocycles. The summed E-state index contributed by atoms with van der Waals surface area (Å²) in [7, 11) is 3.98. The molecule has 0 saturated carbocycles. The predicted molar refractivity (Wildman–Crippen MR) is 100 cm³/mol.